The third-order valence-corrected chi connectivity index (χ3v) is 0. The number of hydrogen-bond acceptors (Lipinski definition) is 0. The Labute approximate surface area is 99.3 Å². The Morgan fingerprint density at radius 2 is 0.375 bits per heavy atom. The van der Waals surface area contributed by atoms with Crippen molar-refractivity contribution in [1.29, 1.82) is 0 Å². The van der Waals surface area contributed by atoms with Gasteiger partial charge in [0.2, 0.25) is 0 Å². The van der Waals surface area contributed by atoms with E-state index in [4.69, 9.17) is 0 Å². The molecule has 8 heteroatoms. The van der Waals surface area contributed by atoms with Crippen molar-refractivity contribution >= 4 is 0 Å². The summed E-state index contributed by atoms with van der Waals surface area (Å²) in [5.74, 6) is 0. The molecule has 0 fully saturated rings. The summed E-state index contributed by atoms with van der Waals surface area (Å²) in [4.78, 5) is 0. The topological polar surface area (TPSA) is 36.5 Å². The fourth-order valence-electron chi connectivity index (χ4n) is 0. The van der Waals surface area contributed by atoms with E-state index in [0.717, 1.165) is 0 Å². The molecule has 0 aliphatic carbocycles. The summed E-state index contributed by atoms with van der Waals surface area (Å²) in [5, 5.41) is 0. The molecule has 0 rings (SSSR count). The van der Waals surface area contributed by atoms with Gasteiger partial charge in [-0.15, -0.1) is 0 Å². The van der Waals surface area contributed by atoms with Crippen LogP contribution in [-0.2, 0) is 19.5 Å². The second kappa shape index (κ2) is 120. The summed E-state index contributed by atoms with van der Waals surface area (Å²) in [6.45, 7) is 0. The molecule has 0 amide bonds. The Balaban J connectivity index is 0. The molecule has 0 atom stereocenters. The quantitative estimate of drug-likeness (QED) is 0.428. The van der Waals surface area contributed by atoms with Gasteiger partial charge in [-0.05, 0) is 0 Å². The van der Waals surface area contributed by atoms with Gasteiger partial charge in [0, 0.05) is 19.5 Å². The predicted octanol–water partition coefficient (Wildman–Crippen LogP) is -17.6. The molecular weight excluding hydrogens is 330 g/mol. The van der Waals surface area contributed by atoms with E-state index in [1.54, 1.807) is 0 Å². The van der Waals surface area contributed by atoms with Crippen LogP contribution in [0.5, 0.6) is 0 Å². The molecule has 1 radical (unpaired) electrons. The van der Waals surface area contributed by atoms with Crippen LogP contribution < -0.4 is 80.6 Å². The molecule has 1 nitrogen and oxygen atoms in total. The molecule has 0 aliphatic rings. The molecule has 0 unspecified atom stereocenters. The zero-order valence-corrected chi connectivity index (χ0v) is 9.78. The molecular formula is H4Cl6NRh-5. The van der Waals surface area contributed by atoms with E-state index in [2.05, 4.69) is 0 Å². The summed E-state index contributed by atoms with van der Waals surface area (Å²) < 4.78 is 0. The van der Waals surface area contributed by atoms with Crippen molar-refractivity contribution in [1.82, 2.24) is 6.15 Å². The van der Waals surface area contributed by atoms with E-state index < -0.39 is 0 Å². The van der Waals surface area contributed by atoms with Crippen LogP contribution in [0.2, 0.25) is 0 Å². The van der Waals surface area contributed by atoms with Crippen molar-refractivity contribution in [3.63, 3.8) is 0 Å². The summed E-state index contributed by atoms with van der Waals surface area (Å²) in [6, 6.07) is 0. The van der Waals surface area contributed by atoms with Crippen molar-refractivity contribution in [3.8, 4) is 0 Å². The minimum Gasteiger partial charge on any atom is -1.00 e. The maximum absolute atomic E-state index is 0. The second-order valence-corrected chi connectivity index (χ2v) is 0. The number of quaternary nitrogens is 1. The van der Waals surface area contributed by atoms with Crippen LogP contribution in [0.1, 0.15) is 0 Å². The molecule has 0 aromatic rings. The van der Waals surface area contributed by atoms with Gasteiger partial charge in [0.05, 0.1) is 0 Å². The monoisotopic (exact) mass is 331 g/mol. The first-order valence-electron chi connectivity index (χ1n) is 0. The molecule has 0 spiro atoms. The Hall–Kier alpha value is 2.32. The van der Waals surface area contributed by atoms with Gasteiger partial charge in [0.15, 0.2) is 0 Å². The van der Waals surface area contributed by atoms with E-state index in [-0.39, 0.29) is 100 Å². The van der Waals surface area contributed by atoms with E-state index in [1.165, 1.54) is 0 Å². The van der Waals surface area contributed by atoms with Crippen molar-refractivity contribution in [3.05, 3.63) is 0 Å². The molecule has 4 N–H and O–H groups in total. The predicted molar refractivity (Wildman–Crippen MR) is 5.98 cm³/mol. The zero-order chi connectivity index (χ0) is 0. The molecule has 0 aliphatic heterocycles. The molecule has 65 valence electrons. The average Bonchev–Trinajstić information content (AvgIpc) is 0. The largest absolute Gasteiger partial charge is 1.00 e. The summed E-state index contributed by atoms with van der Waals surface area (Å²) in [7, 11) is 0. The molecule has 0 heterocycles. The first-order valence-corrected chi connectivity index (χ1v) is 0. The molecule has 0 saturated heterocycles. The fraction of sp³-hybridized carbons (Fsp3) is 0. The van der Waals surface area contributed by atoms with Gasteiger partial charge in [-0.25, -0.2) is 0 Å². The minimum atomic E-state index is 0. The fourth-order valence-corrected chi connectivity index (χ4v) is 0. The summed E-state index contributed by atoms with van der Waals surface area (Å²) in [5.41, 5.74) is 0. The van der Waals surface area contributed by atoms with Gasteiger partial charge >= 0.3 is 0 Å². The molecule has 0 bridgehead atoms. The van der Waals surface area contributed by atoms with Crippen LogP contribution in [0.25, 0.3) is 0 Å². The van der Waals surface area contributed by atoms with E-state index in [9.17, 15) is 0 Å². The van der Waals surface area contributed by atoms with Crippen LogP contribution in [0.15, 0.2) is 0 Å². The minimum absolute atomic E-state index is 0. The van der Waals surface area contributed by atoms with Gasteiger partial charge in [-0.3, -0.25) is 0 Å². The Kier molecular flexibility index (Phi) is 2490. The molecule has 0 saturated carbocycles. The van der Waals surface area contributed by atoms with Crippen LogP contribution in [0.3, 0.4) is 0 Å². The van der Waals surface area contributed by atoms with Gasteiger partial charge in [0.1, 0.15) is 0 Å². The first kappa shape index (κ1) is 166. The van der Waals surface area contributed by atoms with Crippen LogP contribution in [0.4, 0.5) is 0 Å². The second-order valence-electron chi connectivity index (χ2n) is 0. The normalized spacial score (nSPS) is 0. The van der Waals surface area contributed by atoms with Gasteiger partial charge < -0.3 is 80.6 Å². The Morgan fingerprint density at radius 3 is 0.375 bits per heavy atom. The molecule has 0 aromatic heterocycles. The average molecular weight is 334 g/mol. The van der Waals surface area contributed by atoms with E-state index in [0.29, 0.717) is 0 Å². The van der Waals surface area contributed by atoms with Crippen LogP contribution in [0, 0.1) is 0 Å². The first-order chi connectivity index (χ1) is 0. The molecule has 0 aromatic carbocycles. The maximum Gasteiger partial charge on any atom is 0 e. The smallest absolute Gasteiger partial charge is 0 e. The summed E-state index contributed by atoms with van der Waals surface area (Å²) in [6.07, 6.45) is 0. The number of halogens is 6. The standard InChI is InChI=1S/6ClH.H3N.Rh/h6*1H;1H3;/p-5. The SMILES string of the molecule is [Cl-].[Cl-].[Cl-].[Cl-].[Cl-].[Cl-].[NH4+].[Rh]. The van der Waals surface area contributed by atoms with Gasteiger partial charge in [-0.2, -0.15) is 0 Å². The van der Waals surface area contributed by atoms with Crippen LogP contribution in [-0.4, -0.2) is 0 Å². The Bertz CT molecular complexity index is 8.49. The maximum atomic E-state index is 0. The van der Waals surface area contributed by atoms with E-state index >= 15 is 0 Å². The third-order valence-electron chi connectivity index (χ3n) is 0. The number of hydrogen-bond donors (Lipinski definition) is 1. The zero-order valence-electron chi connectivity index (χ0n) is 3.60. The summed E-state index contributed by atoms with van der Waals surface area (Å²) >= 11 is 0. The van der Waals surface area contributed by atoms with E-state index in [1.807, 2.05) is 0 Å². The third kappa shape index (κ3) is 82.7. The number of rotatable bonds is 0. The van der Waals surface area contributed by atoms with Crippen LogP contribution >= 0.6 is 0 Å². The van der Waals surface area contributed by atoms with Gasteiger partial charge in [0.25, 0.3) is 0 Å². The van der Waals surface area contributed by atoms with Crippen molar-refractivity contribution in [2.24, 2.45) is 0 Å². The van der Waals surface area contributed by atoms with Crippen molar-refractivity contribution in [2.75, 3.05) is 0 Å². The van der Waals surface area contributed by atoms with Crippen molar-refractivity contribution in [2.45, 2.75) is 0 Å². The molecule has 8 heavy (non-hydrogen) atoms. The van der Waals surface area contributed by atoms with Gasteiger partial charge in [-0.1, -0.05) is 0 Å². The van der Waals surface area contributed by atoms with Crippen molar-refractivity contribution < 1.29 is 93.9 Å². The Morgan fingerprint density at radius 1 is 0.375 bits per heavy atom.